The molecule has 2 aromatic rings. The average Bonchev–Trinajstić information content (AvgIpc) is 3.02. The number of halogens is 3. The fourth-order valence-corrected chi connectivity index (χ4v) is 3.75. The van der Waals surface area contributed by atoms with Crippen LogP contribution in [0.15, 0.2) is 41.8 Å². The van der Waals surface area contributed by atoms with Crippen LogP contribution in [0.3, 0.4) is 0 Å². The second kappa shape index (κ2) is 6.94. The molecule has 24 heavy (non-hydrogen) atoms. The second-order valence-corrected chi connectivity index (χ2v) is 6.61. The molecule has 0 saturated heterocycles. The zero-order chi connectivity index (χ0) is 17.2. The second-order valence-electron chi connectivity index (χ2n) is 5.61. The van der Waals surface area contributed by atoms with Crippen molar-refractivity contribution >= 4 is 17.3 Å². The maximum absolute atomic E-state index is 12.4. The zero-order valence-electron chi connectivity index (χ0n) is 12.8. The smallest absolute Gasteiger partial charge is 0.457 e. The van der Waals surface area contributed by atoms with Crippen molar-refractivity contribution in [3.05, 3.63) is 57.8 Å². The maximum atomic E-state index is 12.4. The minimum absolute atomic E-state index is 0.318. The molecule has 0 spiro atoms. The molecular weight excluding hydrogens is 339 g/mol. The summed E-state index contributed by atoms with van der Waals surface area (Å²) in [6, 6.07) is 10.8. The van der Waals surface area contributed by atoms with Crippen LogP contribution >= 0.6 is 11.3 Å². The molecule has 3 rings (SSSR count). The first-order valence-electron chi connectivity index (χ1n) is 7.53. The van der Waals surface area contributed by atoms with E-state index in [9.17, 15) is 18.0 Å². The van der Waals surface area contributed by atoms with Crippen LogP contribution in [0.4, 0.5) is 13.2 Å². The highest BCUT2D eigenvalue weighted by molar-refractivity contribution is 7.10. The van der Waals surface area contributed by atoms with Crippen molar-refractivity contribution in [2.45, 2.75) is 25.2 Å². The van der Waals surface area contributed by atoms with Crippen molar-refractivity contribution in [2.75, 3.05) is 13.2 Å². The Morgan fingerprint density at radius 1 is 1.25 bits per heavy atom. The molecule has 0 amide bonds. The Morgan fingerprint density at radius 3 is 2.71 bits per heavy atom. The van der Waals surface area contributed by atoms with Crippen molar-refractivity contribution in [2.24, 2.45) is 0 Å². The minimum atomic E-state index is -4.97. The van der Waals surface area contributed by atoms with Gasteiger partial charge in [0.2, 0.25) is 0 Å². The van der Waals surface area contributed by atoms with Gasteiger partial charge in [0.1, 0.15) is 6.61 Å². The third-order valence-corrected chi connectivity index (χ3v) is 5.09. The summed E-state index contributed by atoms with van der Waals surface area (Å²) >= 11 is 1.70. The third-order valence-electron chi connectivity index (χ3n) is 4.07. The van der Waals surface area contributed by atoms with Crippen LogP contribution < -0.4 is 0 Å². The van der Waals surface area contributed by atoms with Gasteiger partial charge in [0, 0.05) is 18.0 Å². The first-order valence-corrected chi connectivity index (χ1v) is 8.41. The predicted molar refractivity (Wildman–Crippen MR) is 84.6 cm³/mol. The first-order chi connectivity index (χ1) is 11.4. The molecule has 1 aromatic carbocycles. The highest BCUT2D eigenvalue weighted by atomic mass is 32.1. The van der Waals surface area contributed by atoms with Crippen molar-refractivity contribution in [1.82, 2.24) is 4.90 Å². The van der Waals surface area contributed by atoms with E-state index in [1.165, 1.54) is 10.4 Å². The normalized spacial score (nSPS) is 16.5. The molecule has 0 bridgehead atoms. The summed E-state index contributed by atoms with van der Waals surface area (Å²) in [5.41, 5.74) is 2.03. The standard InChI is InChI=1S/C17H16F3NO2S/c18-17(19,20)16(22)23-11-14(12-4-2-1-3-5-12)21-8-6-15-13(10-21)7-9-24-15/h1-5,7,9,14H,6,8,10-11H2. The van der Waals surface area contributed by atoms with Crippen molar-refractivity contribution in [1.29, 1.82) is 0 Å². The van der Waals surface area contributed by atoms with Crippen LogP contribution in [-0.2, 0) is 22.5 Å². The molecule has 1 atom stereocenters. The lowest BCUT2D eigenvalue weighted by molar-refractivity contribution is -0.201. The molecule has 0 saturated carbocycles. The molecule has 0 aliphatic carbocycles. The van der Waals surface area contributed by atoms with Gasteiger partial charge >= 0.3 is 12.1 Å². The van der Waals surface area contributed by atoms with Gasteiger partial charge in [-0.3, -0.25) is 4.90 Å². The fraction of sp³-hybridized carbons (Fsp3) is 0.353. The predicted octanol–water partition coefficient (Wildman–Crippen LogP) is 3.95. The van der Waals surface area contributed by atoms with Crippen LogP contribution in [0, 0.1) is 0 Å². The van der Waals surface area contributed by atoms with Gasteiger partial charge in [-0.1, -0.05) is 30.3 Å². The summed E-state index contributed by atoms with van der Waals surface area (Å²) in [5.74, 6) is -2.14. The zero-order valence-corrected chi connectivity index (χ0v) is 13.6. The van der Waals surface area contributed by atoms with Gasteiger partial charge in [-0.2, -0.15) is 13.2 Å². The Balaban J connectivity index is 1.77. The Labute approximate surface area is 141 Å². The van der Waals surface area contributed by atoms with Crippen molar-refractivity contribution in [3.63, 3.8) is 0 Å². The molecule has 0 fully saturated rings. The number of carbonyl (C=O) groups excluding carboxylic acids is 1. The fourth-order valence-electron chi connectivity index (χ4n) is 2.86. The van der Waals surface area contributed by atoms with Gasteiger partial charge < -0.3 is 4.74 Å². The quantitative estimate of drug-likeness (QED) is 0.778. The highest BCUT2D eigenvalue weighted by Crippen LogP contribution is 2.31. The monoisotopic (exact) mass is 355 g/mol. The summed E-state index contributed by atoms with van der Waals surface area (Å²) in [6.45, 7) is 1.04. The average molecular weight is 355 g/mol. The van der Waals surface area contributed by atoms with Gasteiger partial charge in [0.25, 0.3) is 0 Å². The number of nitrogens with zero attached hydrogens (tertiary/aromatic N) is 1. The lowest BCUT2D eigenvalue weighted by atomic mass is 10.0. The first kappa shape index (κ1) is 17.0. The lowest BCUT2D eigenvalue weighted by Gasteiger charge is -2.34. The van der Waals surface area contributed by atoms with Crippen LogP contribution in [-0.4, -0.2) is 30.2 Å². The van der Waals surface area contributed by atoms with Crippen molar-refractivity contribution in [3.8, 4) is 0 Å². The van der Waals surface area contributed by atoms with E-state index in [1.807, 2.05) is 41.8 Å². The number of esters is 1. The van der Waals surface area contributed by atoms with E-state index >= 15 is 0 Å². The van der Waals surface area contributed by atoms with Gasteiger partial charge in [-0.05, 0) is 29.0 Å². The molecule has 1 aromatic heterocycles. The molecule has 128 valence electrons. The molecule has 0 N–H and O–H groups in total. The van der Waals surface area contributed by atoms with Gasteiger partial charge in [0.05, 0.1) is 6.04 Å². The van der Waals surface area contributed by atoms with E-state index in [2.05, 4.69) is 9.64 Å². The molecule has 2 heterocycles. The highest BCUT2D eigenvalue weighted by Gasteiger charge is 2.41. The summed E-state index contributed by atoms with van der Waals surface area (Å²) < 4.78 is 41.8. The number of benzene rings is 1. The van der Waals surface area contributed by atoms with Crippen LogP contribution in [0.25, 0.3) is 0 Å². The van der Waals surface area contributed by atoms with Crippen LogP contribution in [0.5, 0.6) is 0 Å². The lowest BCUT2D eigenvalue weighted by Crippen LogP contribution is -2.37. The Kier molecular flexibility index (Phi) is 4.91. The molecule has 3 nitrogen and oxygen atoms in total. The maximum Gasteiger partial charge on any atom is 0.490 e. The largest absolute Gasteiger partial charge is 0.490 e. The minimum Gasteiger partial charge on any atom is -0.457 e. The topological polar surface area (TPSA) is 29.5 Å². The number of alkyl halides is 3. The summed E-state index contributed by atoms with van der Waals surface area (Å²) in [5, 5.41) is 2.02. The number of hydrogen-bond donors (Lipinski definition) is 0. The van der Waals surface area contributed by atoms with E-state index in [0.717, 1.165) is 18.5 Å². The number of rotatable bonds is 4. The number of ether oxygens (including phenoxy) is 1. The SMILES string of the molecule is O=C(OCC(c1ccccc1)N1CCc2sccc2C1)C(F)(F)F. The van der Waals surface area contributed by atoms with E-state index < -0.39 is 18.2 Å². The van der Waals surface area contributed by atoms with Crippen LogP contribution in [0.1, 0.15) is 22.0 Å². The number of carbonyl (C=O) groups is 1. The van der Waals surface area contributed by atoms with Crippen molar-refractivity contribution < 1.29 is 22.7 Å². The molecule has 1 aliphatic rings. The summed E-state index contributed by atoms with van der Waals surface area (Å²) in [7, 11) is 0. The number of hydrogen-bond acceptors (Lipinski definition) is 4. The van der Waals surface area contributed by atoms with E-state index in [0.29, 0.717) is 6.54 Å². The Hall–Kier alpha value is -1.86. The Morgan fingerprint density at radius 2 is 2.00 bits per heavy atom. The van der Waals surface area contributed by atoms with E-state index in [1.54, 1.807) is 11.3 Å². The third kappa shape index (κ3) is 3.79. The van der Waals surface area contributed by atoms with Gasteiger partial charge in [-0.25, -0.2) is 4.79 Å². The Bertz CT molecular complexity index is 699. The van der Waals surface area contributed by atoms with E-state index in [-0.39, 0.29) is 6.61 Å². The van der Waals surface area contributed by atoms with Gasteiger partial charge in [0.15, 0.2) is 0 Å². The molecule has 0 radical (unpaired) electrons. The molecule has 7 heteroatoms. The molecule has 1 unspecified atom stereocenters. The summed E-state index contributed by atoms with van der Waals surface area (Å²) in [4.78, 5) is 14.5. The number of fused-ring (bicyclic) bond motifs is 1. The summed E-state index contributed by atoms with van der Waals surface area (Å²) in [6.07, 6.45) is -4.12. The van der Waals surface area contributed by atoms with Gasteiger partial charge in [-0.15, -0.1) is 11.3 Å². The van der Waals surface area contributed by atoms with E-state index in [4.69, 9.17) is 0 Å². The molecular formula is C17H16F3NO2S. The van der Waals surface area contributed by atoms with Crippen LogP contribution in [0.2, 0.25) is 0 Å². The molecule has 1 aliphatic heterocycles. The number of thiophene rings is 1.